The summed E-state index contributed by atoms with van der Waals surface area (Å²) in [5.41, 5.74) is 5.91. The van der Waals surface area contributed by atoms with Gasteiger partial charge in [-0.1, -0.05) is 34.6 Å². The molecule has 4 nitrogen and oxygen atoms in total. The third-order valence-electron chi connectivity index (χ3n) is 4.77. The van der Waals surface area contributed by atoms with Gasteiger partial charge in [0.1, 0.15) is 5.54 Å². The van der Waals surface area contributed by atoms with Crippen molar-refractivity contribution in [2.24, 2.45) is 11.1 Å². The molecule has 0 radical (unpaired) electrons. The minimum absolute atomic E-state index is 0.0313. The van der Waals surface area contributed by atoms with Gasteiger partial charge in [-0.3, -0.25) is 4.79 Å². The monoisotopic (exact) mass is 350 g/mol. The van der Waals surface area contributed by atoms with Crippen LogP contribution in [-0.2, 0) is 9.53 Å². The summed E-state index contributed by atoms with van der Waals surface area (Å²) in [6, 6.07) is 7.93. The van der Waals surface area contributed by atoms with Gasteiger partial charge in [-0.15, -0.1) is 11.8 Å². The predicted molar refractivity (Wildman–Crippen MR) is 101 cm³/mol. The Labute approximate surface area is 149 Å². The molecular formula is C19H30N2O2S. The first-order valence-corrected chi connectivity index (χ1v) is 9.32. The maximum absolute atomic E-state index is 12.7. The molecule has 0 saturated heterocycles. The highest BCUT2D eigenvalue weighted by Gasteiger charge is 2.62. The van der Waals surface area contributed by atoms with Crippen LogP contribution in [0, 0.1) is 5.41 Å². The molecule has 0 bridgehead atoms. The summed E-state index contributed by atoms with van der Waals surface area (Å²) in [6.45, 7) is 13.1. The zero-order valence-corrected chi connectivity index (χ0v) is 16.4. The van der Waals surface area contributed by atoms with Crippen molar-refractivity contribution in [3.63, 3.8) is 0 Å². The Kier molecular flexibility index (Phi) is 5.38. The summed E-state index contributed by atoms with van der Waals surface area (Å²) in [4.78, 5) is 13.9. The van der Waals surface area contributed by atoms with E-state index in [9.17, 15) is 4.79 Å². The van der Waals surface area contributed by atoms with E-state index < -0.39 is 5.54 Å². The van der Waals surface area contributed by atoms with E-state index in [0.717, 1.165) is 5.69 Å². The van der Waals surface area contributed by atoms with Crippen molar-refractivity contribution >= 4 is 23.4 Å². The molecule has 2 unspecified atom stereocenters. The van der Waals surface area contributed by atoms with Crippen molar-refractivity contribution in [1.29, 1.82) is 0 Å². The van der Waals surface area contributed by atoms with Crippen LogP contribution in [0.25, 0.3) is 0 Å². The van der Waals surface area contributed by atoms with E-state index in [1.54, 1.807) is 11.8 Å². The summed E-state index contributed by atoms with van der Waals surface area (Å²) in [6.07, 6.45) is 0.585. The number of thioether (sulfide) groups is 1. The molecule has 2 rings (SSSR count). The van der Waals surface area contributed by atoms with E-state index in [-0.39, 0.29) is 22.2 Å². The predicted octanol–water partition coefficient (Wildman–Crippen LogP) is 4.05. The highest BCUT2D eigenvalue weighted by atomic mass is 32.2. The Morgan fingerprint density at radius 2 is 1.92 bits per heavy atom. The van der Waals surface area contributed by atoms with Gasteiger partial charge in [-0.05, 0) is 31.2 Å². The van der Waals surface area contributed by atoms with Crippen LogP contribution in [0.3, 0.4) is 0 Å². The minimum Gasteiger partial charge on any atom is -0.378 e. The first-order chi connectivity index (χ1) is 11.0. The van der Waals surface area contributed by atoms with Gasteiger partial charge in [-0.25, -0.2) is 0 Å². The van der Waals surface area contributed by atoms with Crippen molar-refractivity contribution in [2.75, 3.05) is 11.9 Å². The molecule has 1 fully saturated rings. The summed E-state index contributed by atoms with van der Waals surface area (Å²) in [5, 5.41) is 2.96. The number of carbonyl (C=O) groups excluding carboxylic acids is 1. The molecule has 1 aliphatic carbocycles. The highest BCUT2D eigenvalue weighted by Crippen LogP contribution is 2.50. The molecule has 1 aromatic carbocycles. The maximum Gasteiger partial charge on any atom is 0.245 e. The Balaban J connectivity index is 2.02. The largest absolute Gasteiger partial charge is 0.378 e. The molecule has 1 aliphatic rings. The molecule has 0 heterocycles. The summed E-state index contributed by atoms with van der Waals surface area (Å²) in [5.74, 6) is -0.139. The first-order valence-electron chi connectivity index (χ1n) is 8.50. The Morgan fingerprint density at radius 3 is 2.38 bits per heavy atom. The van der Waals surface area contributed by atoms with Gasteiger partial charge in [0.05, 0.1) is 6.10 Å². The van der Waals surface area contributed by atoms with Crippen molar-refractivity contribution in [1.82, 2.24) is 0 Å². The zero-order chi connectivity index (χ0) is 18.2. The van der Waals surface area contributed by atoms with Crippen LogP contribution < -0.4 is 11.1 Å². The third kappa shape index (κ3) is 3.79. The summed E-state index contributed by atoms with van der Waals surface area (Å²) < 4.78 is 5.85. The second-order valence-corrected chi connectivity index (χ2v) is 9.93. The van der Waals surface area contributed by atoms with Gasteiger partial charge >= 0.3 is 0 Å². The maximum atomic E-state index is 12.7. The van der Waals surface area contributed by atoms with Crippen LogP contribution in [-0.4, -0.2) is 28.9 Å². The van der Waals surface area contributed by atoms with Gasteiger partial charge < -0.3 is 15.8 Å². The third-order valence-corrected chi connectivity index (χ3v) is 5.89. The fourth-order valence-corrected chi connectivity index (χ4v) is 4.00. The second-order valence-electron chi connectivity index (χ2n) is 8.03. The topological polar surface area (TPSA) is 64.3 Å². The average Bonchev–Trinajstić information content (AvgIpc) is 2.47. The molecule has 134 valence electrons. The van der Waals surface area contributed by atoms with Crippen LogP contribution in [0.5, 0.6) is 0 Å². The smallest absolute Gasteiger partial charge is 0.245 e. The minimum atomic E-state index is -0.897. The zero-order valence-electron chi connectivity index (χ0n) is 15.6. The lowest BCUT2D eigenvalue weighted by molar-refractivity contribution is -0.166. The van der Waals surface area contributed by atoms with Crippen molar-refractivity contribution in [3.8, 4) is 0 Å². The van der Waals surface area contributed by atoms with Crippen LogP contribution in [0.1, 0.15) is 48.0 Å². The van der Waals surface area contributed by atoms with Gasteiger partial charge in [0.2, 0.25) is 5.91 Å². The normalized spacial score (nSPS) is 25.9. The number of benzene rings is 1. The van der Waals surface area contributed by atoms with Crippen molar-refractivity contribution in [2.45, 2.75) is 69.2 Å². The molecule has 1 saturated carbocycles. The van der Waals surface area contributed by atoms with Crippen LogP contribution in [0.2, 0.25) is 0 Å². The number of amides is 1. The average molecular weight is 351 g/mol. The Morgan fingerprint density at radius 1 is 1.33 bits per heavy atom. The van der Waals surface area contributed by atoms with Crippen molar-refractivity contribution < 1.29 is 9.53 Å². The van der Waals surface area contributed by atoms with Crippen LogP contribution in [0.4, 0.5) is 5.69 Å². The lowest BCUT2D eigenvalue weighted by Crippen LogP contribution is -2.74. The molecule has 2 atom stereocenters. The molecule has 24 heavy (non-hydrogen) atoms. The summed E-state index contributed by atoms with van der Waals surface area (Å²) in [7, 11) is 0. The summed E-state index contributed by atoms with van der Waals surface area (Å²) >= 11 is 1.80. The number of hydrogen-bond donors (Lipinski definition) is 2. The van der Waals surface area contributed by atoms with Crippen LogP contribution >= 0.6 is 11.8 Å². The lowest BCUT2D eigenvalue weighted by atomic mass is 9.54. The highest BCUT2D eigenvalue weighted by molar-refractivity contribution is 8.00. The molecule has 5 heteroatoms. The molecule has 1 aromatic rings. The van der Waals surface area contributed by atoms with E-state index in [1.165, 1.54) is 4.90 Å². The first kappa shape index (κ1) is 19.3. The van der Waals surface area contributed by atoms with Gasteiger partial charge in [-0.2, -0.15) is 0 Å². The molecule has 3 N–H and O–H groups in total. The van der Waals surface area contributed by atoms with Crippen molar-refractivity contribution in [3.05, 3.63) is 24.3 Å². The number of ether oxygens (including phenoxy) is 1. The Bertz CT molecular complexity index is 592. The number of rotatable bonds is 5. The Hall–Kier alpha value is -1.04. The van der Waals surface area contributed by atoms with E-state index >= 15 is 0 Å². The number of anilines is 1. The number of nitrogens with one attached hydrogen (secondary N) is 1. The number of carbonyl (C=O) groups is 1. The molecular weight excluding hydrogens is 320 g/mol. The van der Waals surface area contributed by atoms with E-state index in [0.29, 0.717) is 13.0 Å². The van der Waals surface area contributed by atoms with E-state index in [2.05, 4.69) is 26.1 Å². The van der Waals surface area contributed by atoms with Gasteiger partial charge in [0.15, 0.2) is 0 Å². The fraction of sp³-hybridized carbons (Fsp3) is 0.632. The van der Waals surface area contributed by atoms with Gasteiger partial charge in [0.25, 0.3) is 0 Å². The second kappa shape index (κ2) is 6.70. The SMILES string of the molecule is CCOC1CC(N)(C(=O)Nc2ccc(SC(C)(C)C)cc2)C1(C)C. The molecule has 1 amide bonds. The molecule has 0 spiro atoms. The fourth-order valence-electron chi connectivity index (χ4n) is 3.02. The quantitative estimate of drug-likeness (QED) is 0.786. The standard InChI is InChI=1S/C19H30N2O2S/c1-7-23-15-12-19(20,18(15,5)6)16(22)21-13-8-10-14(11-9-13)24-17(2,3)4/h8-11,15H,7,12,20H2,1-6H3,(H,21,22). The van der Waals surface area contributed by atoms with Crippen LogP contribution in [0.15, 0.2) is 29.2 Å². The van der Waals surface area contributed by atoms with E-state index in [1.807, 2.05) is 45.0 Å². The van der Waals surface area contributed by atoms with Gasteiger partial charge in [0, 0.05) is 33.8 Å². The number of nitrogens with two attached hydrogens (primary N) is 1. The number of hydrogen-bond acceptors (Lipinski definition) is 4. The lowest BCUT2D eigenvalue weighted by Gasteiger charge is -2.57. The van der Waals surface area contributed by atoms with E-state index in [4.69, 9.17) is 10.5 Å². The molecule has 0 aromatic heterocycles. The molecule has 0 aliphatic heterocycles.